The van der Waals surface area contributed by atoms with Crippen molar-refractivity contribution in [3.63, 3.8) is 0 Å². The molecule has 0 fully saturated rings. The fraction of sp³-hybridized carbons (Fsp3) is 0.889. The molecule has 0 heterocycles. The van der Waals surface area contributed by atoms with Crippen molar-refractivity contribution in [2.45, 2.75) is 52.1 Å². The van der Waals surface area contributed by atoms with Crippen LogP contribution in [0.25, 0.3) is 0 Å². The standard InChI is InChI=1S/C9H18O2/c1-3-5-7-9(6-4-2)11-8-10/h8-9H,3-7H2,1-2H3. The second-order valence-corrected chi connectivity index (χ2v) is 2.79. The Kier molecular flexibility index (Phi) is 7.21. The van der Waals surface area contributed by atoms with Gasteiger partial charge in [0.25, 0.3) is 6.47 Å². The van der Waals surface area contributed by atoms with Crippen molar-refractivity contribution in [1.82, 2.24) is 0 Å². The molecule has 0 saturated heterocycles. The van der Waals surface area contributed by atoms with Crippen molar-refractivity contribution in [1.29, 1.82) is 0 Å². The molecule has 1 atom stereocenters. The van der Waals surface area contributed by atoms with Gasteiger partial charge in [0.05, 0.1) is 0 Å². The lowest BCUT2D eigenvalue weighted by Gasteiger charge is -2.12. The molecule has 2 nitrogen and oxygen atoms in total. The molecule has 0 aliphatic heterocycles. The van der Waals surface area contributed by atoms with E-state index in [9.17, 15) is 4.79 Å². The van der Waals surface area contributed by atoms with Crippen LogP contribution in [0.5, 0.6) is 0 Å². The largest absolute Gasteiger partial charge is 0.465 e. The van der Waals surface area contributed by atoms with Gasteiger partial charge in [0.15, 0.2) is 0 Å². The van der Waals surface area contributed by atoms with E-state index in [1.165, 1.54) is 6.42 Å². The van der Waals surface area contributed by atoms with Crippen molar-refractivity contribution < 1.29 is 9.53 Å². The molecule has 66 valence electrons. The molecule has 0 aromatic carbocycles. The predicted octanol–water partition coefficient (Wildman–Crippen LogP) is 2.52. The second-order valence-electron chi connectivity index (χ2n) is 2.79. The van der Waals surface area contributed by atoms with E-state index in [2.05, 4.69) is 13.8 Å². The Morgan fingerprint density at radius 3 is 2.45 bits per heavy atom. The van der Waals surface area contributed by atoms with E-state index >= 15 is 0 Å². The number of hydrogen-bond donors (Lipinski definition) is 0. The van der Waals surface area contributed by atoms with Gasteiger partial charge < -0.3 is 4.74 Å². The fourth-order valence-electron chi connectivity index (χ4n) is 1.11. The van der Waals surface area contributed by atoms with Gasteiger partial charge in [0.2, 0.25) is 0 Å². The Bertz CT molecular complexity index is 91.6. The van der Waals surface area contributed by atoms with E-state index in [-0.39, 0.29) is 6.10 Å². The van der Waals surface area contributed by atoms with Crippen molar-refractivity contribution in [3.05, 3.63) is 0 Å². The first-order chi connectivity index (χ1) is 5.35. The van der Waals surface area contributed by atoms with Crippen LogP contribution in [0.4, 0.5) is 0 Å². The summed E-state index contributed by atoms with van der Waals surface area (Å²) in [6.07, 6.45) is 5.59. The zero-order chi connectivity index (χ0) is 8.53. The summed E-state index contributed by atoms with van der Waals surface area (Å²) in [6, 6.07) is 0. The molecule has 0 rings (SSSR count). The maximum atomic E-state index is 10.0. The predicted molar refractivity (Wildman–Crippen MR) is 45.4 cm³/mol. The van der Waals surface area contributed by atoms with Crippen LogP contribution in [-0.2, 0) is 9.53 Å². The molecule has 0 aromatic heterocycles. The summed E-state index contributed by atoms with van der Waals surface area (Å²) in [5.41, 5.74) is 0. The van der Waals surface area contributed by atoms with Crippen LogP contribution < -0.4 is 0 Å². The molecule has 0 aromatic rings. The maximum absolute atomic E-state index is 10.0. The minimum atomic E-state index is 0.164. The average Bonchev–Trinajstić information content (AvgIpc) is 2.01. The Hall–Kier alpha value is -0.530. The Morgan fingerprint density at radius 1 is 1.27 bits per heavy atom. The highest BCUT2D eigenvalue weighted by atomic mass is 16.5. The molecule has 1 unspecified atom stereocenters. The van der Waals surface area contributed by atoms with Crippen LogP contribution in [-0.4, -0.2) is 12.6 Å². The van der Waals surface area contributed by atoms with Crippen molar-refractivity contribution >= 4 is 6.47 Å². The summed E-state index contributed by atoms with van der Waals surface area (Å²) in [6.45, 7) is 4.81. The third-order valence-corrected chi connectivity index (χ3v) is 1.74. The first-order valence-corrected chi connectivity index (χ1v) is 4.44. The van der Waals surface area contributed by atoms with Gasteiger partial charge in [-0.15, -0.1) is 0 Å². The maximum Gasteiger partial charge on any atom is 0.293 e. The van der Waals surface area contributed by atoms with Crippen LogP contribution in [0.3, 0.4) is 0 Å². The summed E-state index contributed by atoms with van der Waals surface area (Å²) >= 11 is 0. The summed E-state index contributed by atoms with van der Waals surface area (Å²) in [7, 11) is 0. The van der Waals surface area contributed by atoms with Gasteiger partial charge in [-0.1, -0.05) is 33.1 Å². The van der Waals surface area contributed by atoms with E-state index in [1.54, 1.807) is 0 Å². The highest BCUT2D eigenvalue weighted by Crippen LogP contribution is 2.09. The van der Waals surface area contributed by atoms with E-state index in [1.807, 2.05) is 0 Å². The van der Waals surface area contributed by atoms with Crippen molar-refractivity contribution in [2.24, 2.45) is 0 Å². The van der Waals surface area contributed by atoms with Crippen LogP contribution in [0.15, 0.2) is 0 Å². The molecule has 0 aliphatic carbocycles. The minimum Gasteiger partial charge on any atom is -0.465 e. The summed E-state index contributed by atoms with van der Waals surface area (Å²) in [5.74, 6) is 0. The smallest absolute Gasteiger partial charge is 0.293 e. The van der Waals surface area contributed by atoms with E-state index in [4.69, 9.17) is 4.74 Å². The molecular weight excluding hydrogens is 140 g/mol. The Labute approximate surface area is 68.9 Å². The minimum absolute atomic E-state index is 0.164. The monoisotopic (exact) mass is 158 g/mol. The molecule has 0 N–H and O–H groups in total. The SMILES string of the molecule is CCCCC(CCC)OC=O. The third kappa shape index (κ3) is 5.89. The van der Waals surface area contributed by atoms with Crippen molar-refractivity contribution in [3.8, 4) is 0 Å². The van der Waals surface area contributed by atoms with Gasteiger partial charge in [-0.3, -0.25) is 4.79 Å². The van der Waals surface area contributed by atoms with E-state index in [0.29, 0.717) is 6.47 Å². The average molecular weight is 158 g/mol. The topological polar surface area (TPSA) is 26.3 Å². The van der Waals surface area contributed by atoms with E-state index in [0.717, 1.165) is 25.7 Å². The lowest BCUT2D eigenvalue weighted by Crippen LogP contribution is -2.11. The molecule has 0 radical (unpaired) electrons. The molecule has 0 bridgehead atoms. The molecular formula is C9H18O2. The van der Waals surface area contributed by atoms with Gasteiger partial charge in [-0.2, -0.15) is 0 Å². The zero-order valence-corrected chi connectivity index (χ0v) is 7.51. The number of unbranched alkanes of at least 4 members (excludes halogenated alkanes) is 1. The highest BCUT2D eigenvalue weighted by Gasteiger charge is 2.05. The number of hydrogen-bond acceptors (Lipinski definition) is 2. The van der Waals surface area contributed by atoms with Crippen LogP contribution in [0.1, 0.15) is 46.0 Å². The quantitative estimate of drug-likeness (QED) is 0.532. The van der Waals surface area contributed by atoms with Gasteiger partial charge >= 0.3 is 0 Å². The van der Waals surface area contributed by atoms with Crippen LogP contribution >= 0.6 is 0 Å². The van der Waals surface area contributed by atoms with Crippen molar-refractivity contribution in [2.75, 3.05) is 0 Å². The summed E-state index contributed by atoms with van der Waals surface area (Å²) < 4.78 is 4.90. The lowest BCUT2D eigenvalue weighted by molar-refractivity contribution is -0.134. The van der Waals surface area contributed by atoms with Crippen LogP contribution in [0, 0.1) is 0 Å². The Morgan fingerprint density at radius 2 is 2.00 bits per heavy atom. The van der Waals surface area contributed by atoms with Gasteiger partial charge in [-0.05, 0) is 12.8 Å². The lowest BCUT2D eigenvalue weighted by atomic mass is 10.1. The molecule has 0 spiro atoms. The molecule has 2 heteroatoms. The van der Waals surface area contributed by atoms with Gasteiger partial charge in [0.1, 0.15) is 6.10 Å². The number of carbonyl (C=O) groups is 1. The number of ether oxygens (including phenoxy) is 1. The van der Waals surface area contributed by atoms with Gasteiger partial charge in [0, 0.05) is 0 Å². The third-order valence-electron chi connectivity index (χ3n) is 1.74. The van der Waals surface area contributed by atoms with Gasteiger partial charge in [-0.25, -0.2) is 0 Å². The van der Waals surface area contributed by atoms with E-state index < -0.39 is 0 Å². The second kappa shape index (κ2) is 7.58. The fourth-order valence-corrected chi connectivity index (χ4v) is 1.11. The zero-order valence-electron chi connectivity index (χ0n) is 7.51. The number of rotatable bonds is 7. The first kappa shape index (κ1) is 10.5. The summed E-state index contributed by atoms with van der Waals surface area (Å²) in [4.78, 5) is 10.0. The first-order valence-electron chi connectivity index (χ1n) is 4.44. The van der Waals surface area contributed by atoms with Crippen LogP contribution in [0.2, 0.25) is 0 Å². The highest BCUT2D eigenvalue weighted by molar-refractivity contribution is 5.37. The number of carbonyl (C=O) groups excluding carboxylic acids is 1. The normalized spacial score (nSPS) is 12.5. The Balaban J connectivity index is 3.41. The molecule has 0 amide bonds. The summed E-state index contributed by atoms with van der Waals surface area (Å²) in [5, 5.41) is 0. The molecule has 0 saturated carbocycles. The molecule has 0 aliphatic rings. The molecule has 11 heavy (non-hydrogen) atoms.